The molecule has 1 aliphatic heterocycles. The third-order valence-corrected chi connectivity index (χ3v) is 8.73. The summed E-state index contributed by atoms with van der Waals surface area (Å²) in [6.45, 7) is 7.49. The van der Waals surface area contributed by atoms with Crippen molar-refractivity contribution < 1.29 is 4.79 Å². The van der Waals surface area contributed by atoms with Crippen LogP contribution in [-0.2, 0) is 19.3 Å². The number of rotatable bonds is 4. The number of amides is 1. The Morgan fingerprint density at radius 2 is 1.72 bits per heavy atom. The molecule has 186 valence electrons. The standard InChI is InChI=1S/C30H34N4OS/c1-20(2)18-26-31-28(27-24-10-4-3-5-11-25(24)36-29(27)32-26)33-14-16-34(17-15-33)30(35)23-13-12-21-8-6-7-9-22(21)19-23/h6-9,12-13,19-20H,3-5,10-11,14-18H2,1-2H3. The first-order chi connectivity index (χ1) is 17.6. The van der Waals surface area contributed by atoms with Gasteiger partial charge >= 0.3 is 0 Å². The van der Waals surface area contributed by atoms with Crippen molar-refractivity contribution in [1.29, 1.82) is 0 Å². The zero-order valence-electron chi connectivity index (χ0n) is 21.3. The second kappa shape index (κ2) is 9.81. The molecule has 6 heteroatoms. The van der Waals surface area contributed by atoms with Crippen LogP contribution in [0.5, 0.6) is 0 Å². The Balaban J connectivity index is 1.27. The quantitative estimate of drug-likeness (QED) is 0.311. The summed E-state index contributed by atoms with van der Waals surface area (Å²) in [6.07, 6.45) is 7.03. The molecule has 1 fully saturated rings. The normalized spacial score (nSPS) is 16.5. The van der Waals surface area contributed by atoms with Crippen LogP contribution in [0.3, 0.4) is 0 Å². The van der Waals surface area contributed by atoms with Crippen molar-refractivity contribution in [2.45, 2.75) is 52.4 Å². The minimum atomic E-state index is 0.123. The second-order valence-corrected chi connectivity index (χ2v) is 11.7. The van der Waals surface area contributed by atoms with E-state index in [1.165, 1.54) is 46.9 Å². The van der Waals surface area contributed by atoms with Crippen LogP contribution in [0.4, 0.5) is 5.82 Å². The van der Waals surface area contributed by atoms with Gasteiger partial charge in [-0.15, -0.1) is 11.3 Å². The maximum atomic E-state index is 13.3. The molecule has 2 aromatic carbocycles. The van der Waals surface area contributed by atoms with Crippen LogP contribution in [0.2, 0.25) is 0 Å². The number of aromatic nitrogens is 2. The van der Waals surface area contributed by atoms with Crippen LogP contribution in [0, 0.1) is 5.92 Å². The van der Waals surface area contributed by atoms with E-state index in [0.717, 1.165) is 53.4 Å². The van der Waals surface area contributed by atoms with Gasteiger partial charge in [0.25, 0.3) is 5.91 Å². The van der Waals surface area contributed by atoms with E-state index >= 15 is 0 Å². The van der Waals surface area contributed by atoms with Gasteiger partial charge in [0, 0.05) is 43.0 Å². The van der Waals surface area contributed by atoms with Crippen molar-refractivity contribution in [3.63, 3.8) is 0 Å². The van der Waals surface area contributed by atoms with Gasteiger partial charge in [0.1, 0.15) is 16.5 Å². The Morgan fingerprint density at radius 3 is 2.53 bits per heavy atom. The Kier molecular flexibility index (Phi) is 6.38. The van der Waals surface area contributed by atoms with Crippen molar-refractivity contribution in [2.24, 2.45) is 5.92 Å². The molecular weight excluding hydrogens is 464 g/mol. The van der Waals surface area contributed by atoms with E-state index < -0.39 is 0 Å². The number of anilines is 1. The topological polar surface area (TPSA) is 49.3 Å². The van der Waals surface area contributed by atoms with E-state index in [1.54, 1.807) is 0 Å². The molecule has 0 atom stereocenters. The number of thiophene rings is 1. The van der Waals surface area contributed by atoms with E-state index in [2.05, 4.69) is 36.9 Å². The lowest BCUT2D eigenvalue weighted by atomic mass is 10.1. The maximum Gasteiger partial charge on any atom is 0.253 e. The average Bonchev–Trinajstić information content (AvgIpc) is 3.07. The summed E-state index contributed by atoms with van der Waals surface area (Å²) in [7, 11) is 0. The van der Waals surface area contributed by atoms with Gasteiger partial charge in [-0.1, -0.05) is 50.6 Å². The van der Waals surface area contributed by atoms with Gasteiger partial charge in [0.15, 0.2) is 0 Å². The Hall–Kier alpha value is -2.99. The Morgan fingerprint density at radius 1 is 0.944 bits per heavy atom. The summed E-state index contributed by atoms with van der Waals surface area (Å²) in [5.74, 6) is 2.70. The minimum Gasteiger partial charge on any atom is -0.352 e. The van der Waals surface area contributed by atoms with Crippen LogP contribution >= 0.6 is 11.3 Å². The highest BCUT2D eigenvalue weighted by Crippen LogP contribution is 2.39. The molecule has 0 N–H and O–H groups in total. The molecule has 0 unspecified atom stereocenters. The molecule has 0 bridgehead atoms. The van der Waals surface area contributed by atoms with E-state index in [9.17, 15) is 4.79 Å². The number of carbonyl (C=O) groups is 1. The third kappa shape index (κ3) is 4.47. The van der Waals surface area contributed by atoms with Crippen LogP contribution < -0.4 is 4.90 Å². The molecule has 5 nitrogen and oxygen atoms in total. The number of carbonyl (C=O) groups excluding carboxylic acids is 1. The average molecular weight is 499 g/mol. The molecule has 3 heterocycles. The lowest BCUT2D eigenvalue weighted by Gasteiger charge is -2.36. The predicted molar refractivity (Wildman–Crippen MR) is 149 cm³/mol. The maximum absolute atomic E-state index is 13.3. The molecule has 36 heavy (non-hydrogen) atoms. The predicted octanol–water partition coefficient (Wildman–Crippen LogP) is 6.27. The highest BCUT2D eigenvalue weighted by molar-refractivity contribution is 7.19. The van der Waals surface area contributed by atoms with Gasteiger partial charge in [0.05, 0.1) is 5.39 Å². The zero-order chi connectivity index (χ0) is 24.6. The molecule has 0 radical (unpaired) electrons. The fourth-order valence-corrected chi connectivity index (χ4v) is 6.94. The fraction of sp³-hybridized carbons (Fsp3) is 0.433. The summed E-state index contributed by atoms with van der Waals surface area (Å²) in [4.78, 5) is 30.6. The van der Waals surface area contributed by atoms with Crippen LogP contribution in [0.15, 0.2) is 42.5 Å². The first kappa shape index (κ1) is 23.4. The van der Waals surface area contributed by atoms with Gasteiger partial charge in [-0.3, -0.25) is 4.79 Å². The fourth-order valence-electron chi connectivity index (χ4n) is 5.67. The molecule has 6 rings (SSSR count). The largest absolute Gasteiger partial charge is 0.352 e. The number of benzene rings is 2. The molecule has 1 aliphatic carbocycles. The third-order valence-electron chi connectivity index (χ3n) is 7.55. The summed E-state index contributed by atoms with van der Waals surface area (Å²) in [5, 5.41) is 3.57. The van der Waals surface area contributed by atoms with E-state index in [-0.39, 0.29) is 5.91 Å². The van der Waals surface area contributed by atoms with E-state index in [1.807, 2.05) is 40.5 Å². The number of hydrogen-bond acceptors (Lipinski definition) is 5. The molecule has 1 amide bonds. The summed E-state index contributed by atoms with van der Waals surface area (Å²) in [5.41, 5.74) is 2.27. The van der Waals surface area contributed by atoms with Gasteiger partial charge in [-0.2, -0.15) is 0 Å². The Bertz CT molecular complexity index is 1420. The molecule has 0 saturated carbocycles. The lowest BCUT2D eigenvalue weighted by molar-refractivity contribution is 0.0746. The number of fused-ring (bicyclic) bond motifs is 4. The van der Waals surface area contributed by atoms with Gasteiger partial charge in [-0.25, -0.2) is 9.97 Å². The van der Waals surface area contributed by atoms with Crippen molar-refractivity contribution >= 4 is 44.1 Å². The monoisotopic (exact) mass is 498 g/mol. The summed E-state index contributed by atoms with van der Waals surface area (Å²) >= 11 is 1.89. The van der Waals surface area contributed by atoms with Crippen molar-refractivity contribution in [1.82, 2.24) is 14.9 Å². The van der Waals surface area contributed by atoms with Crippen molar-refractivity contribution in [3.8, 4) is 0 Å². The number of piperazine rings is 1. The van der Waals surface area contributed by atoms with Gasteiger partial charge in [0.2, 0.25) is 0 Å². The number of hydrogen-bond donors (Lipinski definition) is 0. The van der Waals surface area contributed by atoms with Gasteiger partial charge in [-0.05, 0) is 60.1 Å². The van der Waals surface area contributed by atoms with E-state index in [0.29, 0.717) is 19.0 Å². The highest BCUT2D eigenvalue weighted by atomic mass is 32.1. The van der Waals surface area contributed by atoms with Crippen molar-refractivity contribution in [2.75, 3.05) is 31.1 Å². The first-order valence-electron chi connectivity index (χ1n) is 13.4. The van der Waals surface area contributed by atoms with E-state index in [4.69, 9.17) is 9.97 Å². The molecular formula is C30H34N4OS. The first-order valence-corrected chi connectivity index (χ1v) is 14.2. The second-order valence-electron chi connectivity index (χ2n) is 10.6. The number of nitrogens with zero attached hydrogens (tertiary/aromatic N) is 4. The molecule has 2 aliphatic rings. The minimum absolute atomic E-state index is 0.123. The lowest BCUT2D eigenvalue weighted by Crippen LogP contribution is -2.49. The summed E-state index contributed by atoms with van der Waals surface area (Å²) < 4.78 is 0. The van der Waals surface area contributed by atoms with Crippen molar-refractivity contribution in [3.05, 3.63) is 64.3 Å². The van der Waals surface area contributed by atoms with Gasteiger partial charge < -0.3 is 9.80 Å². The van der Waals surface area contributed by atoms with Crippen LogP contribution in [-0.4, -0.2) is 47.0 Å². The molecule has 0 spiro atoms. The molecule has 1 saturated heterocycles. The molecule has 2 aromatic heterocycles. The summed E-state index contributed by atoms with van der Waals surface area (Å²) in [6, 6.07) is 14.3. The number of aryl methyl sites for hydroxylation is 2. The van der Waals surface area contributed by atoms with Crippen LogP contribution in [0.1, 0.15) is 59.7 Å². The highest BCUT2D eigenvalue weighted by Gasteiger charge is 2.27. The smallest absolute Gasteiger partial charge is 0.253 e. The SMILES string of the molecule is CC(C)Cc1nc(N2CCN(C(=O)c3ccc4ccccc4c3)CC2)c2c3c(sc2n1)CCCCC3. The van der Waals surface area contributed by atoms with Crippen LogP contribution in [0.25, 0.3) is 21.0 Å². The zero-order valence-corrected chi connectivity index (χ0v) is 22.1. The molecule has 4 aromatic rings. The Labute approximate surface area is 217 Å².